The van der Waals surface area contributed by atoms with Crippen molar-refractivity contribution < 1.29 is 333 Å². The number of nitrogens with one attached hydrogen (secondary N) is 1. The first-order valence-corrected chi connectivity index (χ1v) is 13.8. The van der Waals surface area contributed by atoms with Crippen LogP contribution in [0, 0.1) is 264 Å². The van der Waals surface area contributed by atoms with E-state index < -0.39 is 80.7 Å². The van der Waals surface area contributed by atoms with E-state index in [0.29, 0.717) is 12.8 Å². The third-order valence-electron chi connectivity index (χ3n) is 6.90. The molecule has 6 unspecified atom stereocenters. The molecule has 6 radical (unpaired) electrons. The van der Waals surface area contributed by atoms with E-state index in [4.69, 9.17) is 23.7 Å². The van der Waals surface area contributed by atoms with Crippen molar-refractivity contribution in [1.82, 2.24) is 5.32 Å². The summed E-state index contributed by atoms with van der Waals surface area (Å²) in [5.74, 6) is -0.234. The molecule has 0 aliphatic carbocycles. The van der Waals surface area contributed by atoms with Gasteiger partial charge in [-0.2, -0.15) is 0 Å². The van der Waals surface area contributed by atoms with Crippen LogP contribution >= 0.6 is 0 Å². The molecule has 0 aromatic rings. The van der Waals surface area contributed by atoms with Crippen LogP contribution in [-0.4, -0.2) is 138 Å². The molecule has 0 aromatic carbocycles. The third kappa shape index (κ3) is 23.0. The number of methoxy groups -OCH3 is 1. The summed E-state index contributed by atoms with van der Waals surface area (Å²) in [5.41, 5.74) is 0. The fourth-order valence-electron chi connectivity index (χ4n) is 4.55. The Morgan fingerprint density at radius 2 is 1.30 bits per heavy atom. The van der Waals surface area contributed by atoms with Gasteiger partial charge in [0.15, 0.2) is 12.6 Å². The molecule has 21 heteroatoms. The van der Waals surface area contributed by atoms with E-state index in [0.717, 1.165) is 32.1 Å². The second-order valence-corrected chi connectivity index (χ2v) is 9.89. The zero-order chi connectivity index (χ0) is 30.4. The van der Waals surface area contributed by atoms with Crippen molar-refractivity contribution in [1.29, 1.82) is 0 Å². The Labute approximate surface area is 491 Å². The second kappa shape index (κ2) is 37.0. The minimum atomic E-state index is -1.78. The monoisotopic (exact) mass is 1960 g/mol. The van der Waals surface area contributed by atoms with E-state index in [9.17, 15) is 40.2 Å². The van der Waals surface area contributed by atoms with Crippen molar-refractivity contribution in [3.63, 3.8) is 0 Å². The van der Waals surface area contributed by atoms with Gasteiger partial charge in [0.2, 0.25) is 0 Å². The first kappa shape index (κ1) is 62.9. The Morgan fingerprint density at radius 1 is 0.766 bits per heavy atom. The largest absolute Gasteiger partial charge is 0.469 e. The maximum atomic E-state index is 12.4. The predicted molar refractivity (Wildman–Crippen MR) is 139 cm³/mol. The summed E-state index contributed by atoms with van der Waals surface area (Å²) in [7, 11) is 1.36. The topological polar surface area (TPSA) is 223 Å². The number of rotatable bonds is 17. The molecule has 1 amide bonds. The van der Waals surface area contributed by atoms with Crippen LogP contribution < -0.4 is 5.32 Å². The number of carbonyl (C=O) groups is 2. The maximum absolute atomic E-state index is 12.4. The van der Waals surface area contributed by atoms with Crippen LogP contribution in [0.4, 0.5) is 4.79 Å². The van der Waals surface area contributed by atoms with Gasteiger partial charge in [0, 0.05) is 277 Å². The molecule has 2 fully saturated rings. The number of hydrogen-bond donors (Lipinski definition) is 7. The van der Waals surface area contributed by atoms with Gasteiger partial charge in [-0.1, -0.05) is 38.3 Å². The van der Waals surface area contributed by atoms with Crippen molar-refractivity contribution in [2.45, 2.75) is 106 Å². The molecule has 0 saturated carbocycles. The molecule has 0 spiro atoms. The van der Waals surface area contributed by atoms with Crippen LogP contribution in [0.2, 0.25) is 0 Å². The average Bonchev–Trinajstić information content (AvgIpc) is 2.97. The molecule has 2 saturated heterocycles. The molecular weight excluding hydrogens is 1910 g/mol. The molecule has 256 valence electrons. The van der Waals surface area contributed by atoms with Gasteiger partial charge in [0.05, 0.1) is 20.3 Å². The summed E-state index contributed by atoms with van der Waals surface area (Å²) in [6, 6.07) is -1.24. The van der Waals surface area contributed by atoms with E-state index in [2.05, 4.69) is 16.6 Å². The van der Waals surface area contributed by atoms with E-state index in [1.54, 1.807) is 0 Å². The van der Waals surface area contributed by atoms with E-state index >= 15 is 0 Å². The van der Waals surface area contributed by atoms with Crippen molar-refractivity contribution >= 4 is 12.1 Å². The number of aliphatic hydroxyl groups is 6. The Bertz CT molecular complexity index is 811. The van der Waals surface area contributed by atoms with E-state index in [1.807, 2.05) is 0 Å². The van der Waals surface area contributed by atoms with E-state index in [1.165, 1.54) is 13.2 Å². The Morgan fingerprint density at radius 3 is 1.85 bits per heavy atom. The zero-order valence-corrected chi connectivity index (χ0v) is 55.2. The quantitative estimate of drug-likeness (QED) is 0.0499. The minimum absolute atomic E-state index is 0. The number of hydrogen-bond acceptors (Lipinski definition) is 14. The van der Waals surface area contributed by atoms with Crippen LogP contribution in [0.25, 0.3) is 0 Å². The number of aliphatic hydroxyl groups excluding tert-OH is 6. The summed E-state index contributed by atoms with van der Waals surface area (Å²) in [6.07, 6.45) is -7.84. The molecule has 10 atom stereocenters. The number of amides is 1. The number of ether oxygens (including phenoxy) is 6. The molecule has 0 aromatic heterocycles. The van der Waals surface area contributed by atoms with Gasteiger partial charge < -0.3 is 64.4 Å². The zero-order valence-electron chi connectivity index (χ0n) is 26.7. The van der Waals surface area contributed by atoms with Crippen LogP contribution in [0.1, 0.15) is 44.9 Å². The van der Waals surface area contributed by atoms with Crippen molar-refractivity contribution in [3.05, 3.63) is 12.7 Å². The molecular formula is C26H45Ac6NO14. The molecule has 15 nitrogen and oxygen atoms in total. The number of esters is 1. The molecule has 0 bridgehead atoms. The van der Waals surface area contributed by atoms with Gasteiger partial charge in [-0.25, -0.2) is 4.79 Å². The van der Waals surface area contributed by atoms with Gasteiger partial charge >= 0.3 is 12.1 Å². The van der Waals surface area contributed by atoms with Gasteiger partial charge in [0.1, 0.15) is 55.4 Å². The second-order valence-electron chi connectivity index (χ2n) is 9.89. The summed E-state index contributed by atoms with van der Waals surface area (Å²) < 4.78 is 32.4. The summed E-state index contributed by atoms with van der Waals surface area (Å²) >= 11 is 0. The maximum Gasteiger partial charge on any atom is 0.407 e. The average molecular weight is 1960 g/mol. The molecule has 2 aliphatic heterocycles. The molecule has 2 heterocycles. The molecule has 7 N–H and O–H groups in total. The molecule has 2 aliphatic rings. The Kier molecular flexibility index (Phi) is 49.6. The van der Waals surface area contributed by atoms with Gasteiger partial charge in [0.25, 0.3) is 0 Å². The normalized spacial score (nSPS) is 29.3. The first-order chi connectivity index (χ1) is 19.7. The summed E-state index contributed by atoms with van der Waals surface area (Å²) in [6.45, 7) is 2.20. The van der Waals surface area contributed by atoms with Gasteiger partial charge in [-0.3, -0.25) is 4.79 Å². The van der Waals surface area contributed by atoms with Gasteiger partial charge in [-0.05, 0) is 12.8 Å². The summed E-state index contributed by atoms with van der Waals surface area (Å²) in [5, 5.41) is 63.4. The fraction of sp³-hybridized carbons (Fsp3) is 0.846. The number of unbranched alkanes of at least 4 members (excludes halogenated alkanes) is 5. The Balaban J connectivity index is -0.000000980. The van der Waals surface area contributed by atoms with E-state index in [-0.39, 0.29) is 284 Å². The molecule has 2 rings (SSSR count). The third-order valence-corrected chi connectivity index (χ3v) is 6.90. The van der Waals surface area contributed by atoms with Crippen LogP contribution in [0.3, 0.4) is 0 Å². The number of carbonyl (C=O) groups excluding carboxylic acids is 2. The van der Waals surface area contributed by atoms with Gasteiger partial charge in [-0.15, -0.1) is 0 Å². The van der Waals surface area contributed by atoms with Crippen molar-refractivity contribution in [2.75, 3.05) is 33.5 Å². The fourth-order valence-corrected chi connectivity index (χ4v) is 4.55. The number of alkyl carbamates (subject to hydrolysis) is 1. The smallest absolute Gasteiger partial charge is 0.407 e. The van der Waals surface area contributed by atoms with Crippen LogP contribution in [0.5, 0.6) is 0 Å². The SMILES string of the molecule is C=CCOC(=O)NC1C(O[C@@H]2OC(CO)[C@H](O)C(O)C2O)[C@@H](O)C(CO)O[C@H]1OCCCCCCCCC(=O)OC.[Ac].[Ac].[Ac].[Ac].[Ac].[Ac]. The Hall–Kier alpha value is 6.73. The molecule has 47 heavy (non-hydrogen) atoms. The minimum Gasteiger partial charge on any atom is -0.469 e. The predicted octanol–water partition coefficient (Wildman–Crippen LogP) is -1.55. The first-order valence-electron chi connectivity index (χ1n) is 13.8. The van der Waals surface area contributed by atoms with Crippen LogP contribution in [-0.2, 0) is 33.2 Å². The summed E-state index contributed by atoms with van der Waals surface area (Å²) in [4.78, 5) is 23.6. The van der Waals surface area contributed by atoms with Crippen LogP contribution in [0.15, 0.2) is 12.7 Å². The van der Waals surface area contributed by atoms with Crippen molar-refractivity contribution in [3.8, 4) is 0 Å². The standard InChI is InChI=1S/C26H45NO14.6Ac/c1-3-11-38-26(35)27-18-23(41-25-22(34)21(33)19(31)15(13-28)40-25)20(32)16(14-29)39-24(18)37-12-9-7-5-4-6-8-10-17(30)36-2;;;;;;/h3,15-16,18-25,28-29,31-34H,1,4-14H2,2H3,(H,27,35);;;;;;/t15?,16?,18?,19-,20-,21?,22?,23?,24+,25-;;;;;;/m0....../s1. The van der Waals surface area contributed by atoms with Crippen molar-refractivity contribution in [2.24, 2.45) is 0 Å².